The van der Waals surface area contributed by atoms with Gasteiger partial charge in [-0.25, -0.2) is 4.68 Å². The average molecular weight is 380 g/mol. The van der Waals surface area contributed by atoms with E-state index < -0.39 is 6.04 Å². The highest BCUT2D eigenvalue weighted by molar-refractivity contribution is 7.98. The Morgan fingerprint density at radius 2 is 2.00 bits per heavy atom. The molecule has 0 saturated carbocycles. The van der Waals surface area contributed by atoms with Crippen molar-refractivity contribution in [3.63, 3.8) is 0 Å². The van der Waals surface area contributed by atoms with Gasteiger partial charge in [0.1, 0.15) is 6.04 Å². The van der Waals surface area contributed by atoms with Crippen molar-refractivity contribution in [3.05, 3.63) is 60.4 Å². The topological polar surface area (TPSA) is 102 Å². The van der Waals surface area contributed by atoms with Gasteiger partial charge in [-0.15, -0.1) is 5.10 Å². The highest BCUT2D eigenvalue weighted by Gasteiger charge is 2.33. The number of pyridine rings is 1. The second-order valence-electron chi connectivity index (χ2n) is 5.93. The molecule has 2 aromatic heterocycles. The third-order valence-corrected chi connectivity index (χ3v) is 4.91. The second-order valence-corrected chi connectivity index (χ2v) is 6.87. The van der Waals surface area contributed by atoms with Gasteiger partial charge in [0, 0.05) is 23.8 Å². The molecule has 4 rings (SSSR count). The van der Waals surface area contributed by atoms with Crippen molar-refractivity contribution in [2.75, 3.05) is 10.6 Å². The average Bonchev–Trinajstić information content (AvgIpc) is 3.10. The van der Waals surface area contributed by atoms with Gasteiger partial charge in [-0.3, -0.25) is 19.9 Å². The van der Waals surface area contributed by atoms with Gasteiger partial charge in [-0.05, 0) is 17.7 Å². The molecule has 8 nitrogen and oxygen atoms in total. The third-order valence-electron chi connectivity index (χ3n) is 4.00. The van der Waals surface area contributed by atoms with Gasteiger partial charge in [0.15, 0.2) is 0 Å². The van der Waals surface area contributed by atoms with Crippen LogP contribution in [0.15, 0.2) is 60.0 Å². The van der Waals surface area contributed by atoms with E-state index in [1.54, 1.807) is 24.5 Å². The van der Waals surface area contributed by atoms with Gasteiger partial charge in [0.2, 0.25) is 22.9 Å². The third kappa shape index (κ3) is 3.98. The summed E-state index contributed by atoms with van der Waals surface area (Å²) in [5.74, 6) is 0.412. The fraction of sp³-hybridized carbons (Fsp3) is 0.167. The molecule has 1 aromatic carbocycles. The lowest BCUT2D eigenvalue weighted by Gasteiger charge is -2.22. The predicted molar refractivity (Wildman–Crippen MR) is 101 cm³/mol. The summed E-state index contributed by atoms with van der Waals surface area (Å²) >= 11 is 1.45. The van der Waals surface area contributed by atoms with Gasteiger partial charge in [-0.1, -0.05) is 42.1 Å². The summed E-state index contributed by atoms with van der Waals surface area (Å²) < 4.78 is 1.48. The molecule has 1 atom stereocenters. The van der Waals surface area contributed by atoms with Crippen LogP contribution in [0, 0.1) is 0 Å². The van der Waals surface area contributed by atoms with E-state index in [0.29, 0.717) is 16.6 Å². The maximum Gasteiger partial charge on any atom is 0.249 e. The largest absolute Gasteiger partial charge is 0.324 e. The molecule has 1 aliphatic rings. The van der Waals surface area contributed by atoms with Gasteiger partial charge in [-0.2, -0.15) is 4.98 Å². The summed E-state index contributed by atoms with van der Waals surface area (Å²) in [6.07, 6.45) is 3.18. The molecule has 136 valence electrons. The van der Waals surface area contributed by atoms with Crippen LogP contribution in [-0.2, 0) is 15.3 Å². The van der Waals surface area contributed by atoms with Crippen molar-refractivity contribution in [2.45, 2.75) is 23.4 Å². The molecule has 1 unspecified atom stereocenters. The number of aromatic nitrogens is 4. The monoisotopic (exact) mass is 380 g/mol. The number of benzene rings is 1. The number of hydrogen-bond donors (Lipinski definition) is 2. The SMILES string of the molecule is O=C1CC(C(=O)Nc2ccncc2)n2nc(SCc3ccccc3)nc2N1. The Kier molecular flexibility index (Phi) is 4.84. The van der Waals surface area contributed by atoms with Crippen LogP contribution in [0.3, 0.4) is 0 Å². The van der Waals surface area contributed by atoms with E-state index in [9.17, 15) is 9.59 Å². The van der Waals surface area contributed by atoms with Crippen molar-refractivity contribution in [3.8, 4) is 0 Å². The summed E-state index contributed by atoms with van der Waals surface area (Å²) in [4.78, 5) is 32.9. The number of fused-ring (bicyclic) bond motifs is 1. The molecule has 2 N–H and O–H groups in total. The van der Waals surface area contributed by atoms with Crippen LogP contribution in [0.4, 0.5) is 11.6 Å². The Morgan fingerprint density at radius 3 is 2.78 bits per heavy atom. The number of nitrogens with zero attached hydrogens (tertiary/aromatic N) is 4. The van der Waals surface area contributed by atoms with Crippen LogP contribution in [0.1, 0.15) is 18.0 Å². The maximum atomic E-state index is 12.7. The van der Waals surface area contributed by atoms with Gasteiger partial charge >= 0.3 is 0 Å². The Hall–Kier alpha value is -3.20. The summed E-state index contributed by atoms with van der Waals surface area (Å²) in [6.45, 7) is 0. The molecule has 0 bridgehead atoms. The van der Waals surface area contributed by atoms with Crippen LogP contribution >= 0.6 is 11.8 Å². The van der Waals surface area contributed by atoms with Crippen LogP contribution in [0.2, 0.25) is 0 Å². The second kappa shape index (κ2) is 7.58. The lowest BCUT2D eigenvalue weighted by atomic mass is 10.1. The lowest BCUT2D eigenvalue weighted by Crippen LogP contribution is -2.36. The van der Waals surface area contributed by atoms with Gasteiger partial charge in [0.25, 0.3) is 0 Å². The minimum Gasteiger partial charge on any atom is -0.324 e. The molecule has 0 radical (unpaired) electrons. The predicted octanol–water partition coefficient (Wildman–Crippen LogP) is 2.49. The highest BCUT2D eigenvalue weighted by atomic mass is 32.2. The fourth-order valence-corrected chi connectivity index (χ4v) is 3.48. The molecule has 3 aromatic rings. The van der Waals surface area contributed by atoms with Gasteiger partial charge in [0.05, 0.1) is 6.42 Å². The molecule has 2 amide bonds. The fourth-order valence-electron chi connectivity index (χ4n) is 2.69. The first-order chi connectivity index (χ1) is 13.2. The molecule has 3 heterocycles. The first-order valence-electron chi connectivity index (χ1n) is 8.33. The summed E-state index contributed by atoms with van der Waals surface area (Å²) in [5.41, 5.74) is 1.76. The van der Waals surface area contributed by atoms with E-state index in [4.69, 9.17) is 0 Å². The van der Waals surface area contributed by atoms with E-state index in [1.165, 1.54) is 16.4 Å². The number of amides is 2. The van der Waals surface area contributed by atoms with Crippen LogP contribution in [0.25, 0.3) is 0 Å². The Balaban J connectivity index is 1.51. The van der Waals surface area contributed by atoms with Crippen LogP contribution in [0.5, 0.6) is 0 Å². The minimum atomic E-state index is -0.750. The number of rotatable bonds is 5. The van der Waals surface area contributed by atoms with Crippen molar-refractivity contribution in [2.24, 2.45) is 0 Å². The van der Waals surface area contributed by atoms with E-state index in [0.717, 1.165) is 5.56 Å². The minimum absolute atomic E-state index is 0.00999. The molecule has 0 saturated heterocycles. The Morgan fingerprint density at radius 1 is 1.22 bits per heavy atom. The number of hydrogen-bond acceptors (Lipinski definition) is 6. The molecular weight excluding hydrogens is 364 g/mol. The van der Waals surface area contributed by atoms with Crippen LogP contribution in [-0.4, -0.2) is 31.6 Å². The van der Waals surface area contributed by atoms with E-state index >= 15 is 0 Å². The molecule has 0 fully saturated rings. The normalized spacial score (nSPS) is 15.7. The molecule has 0 aliphatic carbocycles. The van der Waals surface area contributed by atoms with Crippen molar-refractivity contribution in [1.29, 1.82) is 0 Å². The molecular formula is C18H16N6O2S. The van der Waals surface area contributed by atoms with Crippen molar-refractivity contribution in [1.82, 2.24) is 19.7 Å². The van der Waals surface area contributed by atoms with E-state index in [-0.39, 0.29) is 24.2 Å². The maximum absolute atomic E-state index is 12.7. The molecule has 0 spiro atoms. The Labute approximate surface area is 159 Å². The van der Waals surface area contributed by atoms with Gasteiger partial charge < -0.3 is 5.32 Å². The molecule has 9 heteroatoms. The van der Waals surface area contributed by atoms with Crippen LogP contribution < -0.4 is 10.6 Å². The smallest absolute Gasteiger partial charge is 0.249 e. The number of thioether (sulfide) groups is 1. The highest BCUT2D eigenvalue weighted by Crippen LogP contribution is 2.28. The quantitative estimate of drug-likeness (QED) is 0.660. The lowest BCUT2D eigenvalue weighted by molar-refractivity contribution is -0.125. The summed E-state index contributed by atoms with van der Waals surface area (Å²) in [5, 5.41) is 10.4. The summed E-state index contributed by atoms with van der Waals surface area (Å²) in [6, 6.07) is 12.6. The van der Waals surface area contributed by atoms with Crippen molar-refractivity contribution < 1.29 is 9.59 Å². The zero-order valence-corrected chi connectivity index (χ0v) is 15.0. The molecule has 1 aliphatic heterocycles. The zero-order chi connectivity index (χ0) is 18.6. The Bertz CT molecular complexity index is 960. The van der Waals surface area contributed by atoms with E-state index in [1.807, 2.05) is 30.3 Å². The summed E-state index contributed by atoms with van der Waals surface area (Å²) in [7, 11) is 0. The first-order valence-corrected chi connectivity index (χ1v) is 9.31. The standard InChI is InChI=1S/C18H16N6O2S/c25-15-10-14(16(26)20-13-6-8-19-9-7-13)24-17(21-15)22-18(23-24)27-11-12-4-2-1-3-5-12/h1-9,14H,10-11H2,(H,19,20,26)(H,21,22,23,25). The number of anilines is 2. The number of carbonyl (C=O) groups excluding carboxylic acids is 2. The first kappa shape index (κ1) is 17.2. The van der Waals surface area contributed by atoms with E-state index in [2.05, 4.69) is 25.7 Å². The number of nitrogens with one attached hydrogen (secondary N) is 2. The number of carbonyl (C=O) groups is 2. The zero-order valence-electron chi connectivity index (χ0n) is 14.2. The van der Waals surface area contributed by atoms with Crippen molar-refractivity contribution >= 4 is 35.2 Å². The molecule has 27 heavy (non-hydrogen) atoms.